The average molecular weight is 738 g/mol. The maximum absolute atomic E-state index is 13.0. The van der Waals surface area contributed by atoms with Crippen LogP contribution >= 0.6 is 23.5 Å². The fourth-order valence-corrected chi connectivity index (χ4v) is 8.58. The molecule has 4 atom stereocenters. The minimum Gasteiger partial charge on any atom is -0.463 e. The van der Waals surface area contributed by atoms with Gasteiger partial charge in [-0.25, -0.2) is 0 Å². The minimum absolute atomic E-state index is 0.00114. The standard InChI is InChI=1S/C39H67N3O6S2/c1-3-5-27-49-29-21-17-13-9-7-11-15-19-23-34(43)45-31-32-36(37-38(46-32)42-26-25-33(40)41-39(42)48-37)47-35(44)24-20-16-12-8-10-14-18-22-30-50-28-6-4-2/h25-26,32,36-38,40H,3-24,27-31H2,1-2H3/t32-,36-,37-,38-/m1/s1. The van der Waals surface area contributed by atoms with E-state index in [1.54, 1.807) is 16.8 Å². The summed E-state index contributed by atoms with van der Waals surface area (Å²) in [6, 6.07) is 1.83. The van der Waals surface area contributed by atoms with Gasteiger partial charge < -0.3 is 18.9 Å². The van der Waals surface area contributed by atoms with E-state index in [1.165, 1.54) is 113 Å². The Bertz CT molecular complexity index is 1120. The van der Waals surface area contributed by atoms with Gasteiger partial charge in [0.05, 0.1) is 0 Å². The van der Waals surface area contributed by atoms with Crippen molar-refractivity contribution in [2.24, 2.45) is 0 Å². The summed E-state index contributed by atoms with van der Waals surface area (Å²) in [6.07, 6.45) is 23.8. The van der Waals surface area contributed by atoms with Gasteiger partial charge in [-0.1, -0.05) is 104 Å². The fourth-order valence-electron chi connectivity index (χ4n) is 6.37. The monoisotopic (exact) mass is 737 g/mol. The average Bonchev–Trinajstić information content (AvgIpc) is 3.62. The van der Waals surface area contributed by atoms with Gasteiger partial charge in [-0.3, -0.25) is 19.6 Å². The second kappa shape index (κ2) is 27.0. The highest BCUT2D eigenvalue weighted by atomic mass is 32.2. The third-order valence-corrected chi connectivity index (χ3v) is 11.7. The van der Waals surface area contributed by atoms with Crippen LogP contribution in [-0.4, -0.2) is 69.4 Å². The van der Waals surface area contributed by atoms with Gasteiger partial charge in [-0.2, -0.15) is 28.5 Å². The molecule has 9 nitrogen and oxygen atoms in total. The van der Waals surface area contributed by atoms with Crippen LogP contribution in [0.25, 0.3) is 0 Å². The SMILES string of the molecule is CCCCSCCCCCCCCCCC(=O)OC[C@H]1O[C@@H]2[C@H](Oc3nc(=N)ccn32)[C@@H]1OC(=O)CCCCCCCCCCSCCCC. The molecule has 1 aromatic rings. The number of esters is 2. The zero-order chi connectivity index (χ0) is 35.7. The van der Waals surface area contributed by atoms with Gasteiger partial charge >= 0.3 is 17.9 Å². The highest BCUT2D eigenvalue weighted by Gasteiger charge is 2.54. The summed E-state index contributed by atoms with van der Waals surface area (Å²) in [5, 5.41) is 7.84. The van der Waals surface area contributed by atoms with Crippen LogP contribution in [0.2, 0.25) is 0 Å². The Morgan fingerprint density at radius 2 is 1.24 bits per heavy atom. The van der Waals surface area contributed by atoms with Crippen molar-refractivity contribution in [1.29, 1.82) is 5.41 Å². The molecule has 0 aliphatic carbocycles. The Morgan fingerprint density at radius 1 is 0.740 bits per heavy atom. The molecule has 1 N–H and O–H groups in total. The Morgan fingerprint density at radius 3 is 1.80 bits per heavy atom. The van der Waals surface area contributed by atoms with Crippen LogP contribution in [0.3, 0.4) is 0 Å². The molecule has 286 valence electrons. The lowest BCUT2D eigenvalue weighted by molar-refractivity contribution is -0.160. The van der Waals surface area contributed by atoms with Crippen molar-refractivity contribution in [3.05, 3.63) is 17.8 Å². The molecule has 0 unspecified atom stereocenters. The van der Waals surface area contributed by atoms with Crippen molar-refractivity contribution in [1.82, 2.24) is 9.55 Å². The summed E-state index contributed by atoms with van der Waals surface area (Å²) in [5.74, 6) is 4.63. The zero-order valence-corrected chi connectivity index (χ0v) is 32.8. The Balaban J connectivity index is 1.30. The molecule has 3 heterocycles. The largest absolute Gasteiger partial charge is 0.463 e. The van der Waals surface area contributed by atoms with Crippen molar-refractivity contribution < 1.29 is 28.5 Å². The van der Waals surface area contributed by atoms with Gasteiger partial charge in [0.15, 0.2) is 23.9 Å². The van der Waals surface area contributed by atoms with Crippen molar-refractivity contribution in [3.63, 3.8) is 0 Å². The lowest BCUT2D eigenvalue weighted by atomic mass is 10.1. The molecule has 0 radical (unpaired) electrons. The maximum Gasteiger partial charge on any atom is 0.306 e. The van der Waals surface area contributed by atoms with E-state index in [1.807, 2.05) is 0 Å². The molecule has 2 aliphatic heterocycles. The number of hydrogen-bond acceptors (Lipinski definition) is 10. The summed E-state index contributed by atoms with van der Waals surface area (Å²) >= 11 is 4.18. The number of ether oxygens (including phenoxy) is 4. The molecule has 3 rings (SSSR count). The topological polar surface area (TPSA) is 113 Å². The predicted molar refractivity (Wildman–Crippen MR) is 205 cm³/mol. The smallest absolute Gasteiger partial charge is 0.306 e. The molecular formula is C39H67N3O6S2. The van der Waals surface area contributed by atoms with E-state index in [4.69, 9.17) is 24.4 Å². The number of carbonyl (C=O) groups is 2. The number of nitrogens with zero attached hydrogens (tertiary/aromatic N) is 2. The predicted octanol–water partition coefficient (Wildman–Crippen LogP) is 9.56. The molecule has 0 bridgehead atoms. The summed E-state index contributed by atoms with van der Waals surface area (Å²) in [6.45, 7) is 4.50. The summed E-state index contributed by atoms with van der Waals surface area (Å²) in [5.41, 5.74) is 0.0870. The van der Waals surface area contributed by atoms with Crippen LogP contribution in [0.4, 0.5) is 0 Å². The van der Waals surface area contributed by atoms with Crippen LogP contribution in [0.15, 0.2) is 12.3 Å². The van der Waals surface area contributed by atoms with Crippen molar-refractivity contribution >= 4 is 35.5 Å². The first-order valence-corrected chi connectivity index (χ1v) is 22.3. The first kappa shape index (κ1) is 42.7. The van der Waals surface area contributed by atoms with E-state index in [2.05, 4.69) is 42.4 Å². The van der Waals surface area contributed by atoms with E-state index in [0.717, 1.165) is 38.5 Å². The molecule has 0 saturated carbocycles. The number of aromatic nitrogens is 2. The molecular weight excluding hydrogens is 671 g/mol. The quantitative estimate of drug-likeness (QED) is 0.0588. The molecule has 1 saturated heterocycles. The van der Waals surface area contributed by atoms with Gasteiger partial charge in [0.2, 0.25) is 0 Å². The number of nitrogens with one attached hydrogen (secondary N) is 1. The van der Waals surface area contributed by atoms with E-state index < -0.39 is 24.5 Å². The summed E-state index contributed by atoms with van der Waals surface area (Å²) in [4.78, 5) is 29.7. The lowest BCUT2D eigenvalue weighted by Crippen LogP contribution is -2.40. The third-order valence-electron chi connectivity index (χ3n) is 9.43. The number of carbonyl (C=O) groups excluding carboxylic acids is 2. The van der Waals surface area contributed by atoms with Crippen LogP contribution in [0.1, 0.15) is 161 Å². The highest BCUT2D eigenvalue weighted by Crippen LogP contribution is 2.40. The van der Waals surface area contributed by atoms with E-state index in [-0.39, 0.29) is 30.0 Å². The van der Waals surface area contributed by atoms with Gasteiger partial charge in [0.25, 0.3) is 0 Å². The van der Waals surface area contributed by atoms with Gasteiger partial charge in [0, 0.05) is 19.0 Å². The van der Waals surface area contributed by atoms with Crippen molar-refractivity contribution in [2.75, 3.05) is 29.6 Å². The highest BCUT2D eigenvalue weighted by molar-refractivity contribution is 7.99. The molecule has 2 aliphatic rings. The Kier molecular flexibility index (Phi) is 23.0. The van der Waals surface area contributed by atoms with Crippen LogP contribution in [-0.2, 0) is 23.8 Å². The molecule has 50 heavy (non-hydrogen) atoms. The van der Waals surface area contributed by atoms with E-state index in [0.29, 0.717) is 12.8 Å². The summed E-state index contributed by atoms with van der Waals surface area (Å²) in [7, 11) is 0. The number of unbranched alkanes of at least 4 members (excludes halogenated alkanes) is 16. The molecule has 11 heteroatoms. The molecule has 0 spiro atoms. The lowest BCUT2D eigenvalue weighted by Gasteiger charge is -2.22. The van der Waals surface area contributed by atoms with Gasteiger partial charge in [0.1, 0.15) is 12.7 Å². The maximum atomic E-state index is 13.0. The number of rotatable bonds is 31. The van der Waals surface area contributed by atoms with E-state index in [9.17, 15) is 9.59 Å². The second-order valence-electron chi connectivity index (χ2n) is 13.9. The Labute approximate surface area is 311 Å². The van der Waals surface area contributed by atoms with Gasteiger partial charge in [-0.05, 0) is 67.6 Å². The molecule has 1 fully saturated rings. The summed E-state index contributed by atoms with van der Waals surface area (Å²) < 4.78 is 25.6. The minimum atomic E-state index is -0.730. The molecule has 0 aromatic carbocycles. The first-order chi connectivity index (χ1) is 24.5. The van der Waals surface area contributed by atoms with E-state index >= 15 is 0 Å². The zero-order valence-electron chi connectivity index (χ0n) is 31.2. The second-order valence-corrected chi connectivity index (χ2v) is 16.3. The van der Waals surface area contributed by atoms with Crippen LogP contribution < -0.4 is 10.2 Å². The number of thioether (sulfide) groups is 2. The Hall–Kier alpha value is -1.72. The van der Waals surface area contributed by atoms with Crippen LogP contribution in [0, 0.1) is 5.41 Å². The third kappa shape index (κ3) is 17.2. The number of fused-ring (bicyclic) bond motifs is 3. The first-order valence-electron chi connectivity index (χ1n) is 20.0. The molecule has 0 amide bonds. The fraction of sp³-hybridized carbons (Fsp3) is 0.846. The van der Waals surface area contributed by atoms with Gasteiger partial charge in [-0.15, -0.1) is 0 Å². The van der Waals surface area contributed by atoms with Crippen molar-refractivity contribution in [2.45, 2.75) is 180 Å². The number of hydrogen-bond donors (Lipinski definition) is 1. The molecule has 1 aromatic heterocycles. The normalized spacial score (nSPS) is 19.2. The van der Waals surface area contributed by atoms with Crippen LogP contribution in [0.5, 0.6) is 6.01 Å². The van der Waals surface area contributed by atoms with Crippen molar-refractivity contribution in [3.8, 4) is 6.01 Å².